The van der Waals surface area contributed by atoms with Gasteiger partial charge >= 0.3 is 0 Å². The van der Waals surface area contributed by atoms with Gasteiger partial charge in [-0.15, -0.1) is 0 Å². The van der Waals surface area contributed by atoms with Crippen LogP contribution in [0.15, 0.2) is 0 Å². The van der Waals surface area contributed by atoms with E-state index in [-0.39, 0.29) is 11.7 Å². The number of hydrogen-bond donors (Lipinski definition) is 0. The highest BCUT2D eigenvalue weighted by Crippen LogP contribution is 2.19. The van der Waals surface area contributed by atoms with Crippen LogP contribution in [0.3, 0.4) is 0 Å². The lowest BCUT2D eigenvalue weighted by Gasteiger charge is -2.36. The van der Waals surface area contributed by atoms with Crippen LogP contribution in [0.5, 0.6) is 0 Å². The summed E-state index contributed by atoms with van der Waals surface area (Å²) in [6.07, 6.45) is 0. The molecule has 0 amide bonds. The average molecular weight is 136 g/mol. The van der Waals surface area contributed by atoms with Gasteiger partial charge in [0.05, 0.1) is 13.2 Å². The van der Waals surface area contributed by atoms with E-state index < -0.39 is 0 Å². The van der Waals surface area contributed by atoms with E-state index in [1.54, 1.807) is 0 Å². The van der Waals surface area contributed by atoms with Crippen LogP contribution in [0.25, 0.3) is 0 Å². The topological polar surface area (TPSA) is 18.5 Å². The Morgan fingerprint density at radius 1 is 1.75 bits per heavy atom. The van der Waals surface area contributed by atoms with Gasteiger partial charge in [-0.05, 0) is 6.92 Å². The fourth-order valence-corrected chi connectivity index (χ4v) is 0.760. The number of alkyl halides is 1. The Morgan fingerprint density at radius 2 is 2.38 bits per heavy atom. The van der Waals surface area contributed by atoms with E-state index in [1.807, 2.05) is 0 Å². The molecule has 0 unspecified atom stereocenters. The Morgan fingerprint density at radius 3 is 2.50 bits per heavy atom. The lowest BCUT2D eigenvalue weighted by molar-refractivity contribution is -0.172. The van der Waals surface area contributed by atoms with Crippen molar-refractivity contribution in [2.45, 2.75) is 5.60 Å². The summed E-state index contributed by atoms with van der Waals surface area (Å²) < 4.78 is 9.84. The minimum atomic E-state index is -0.332. The monoisotopic (exact) mass is 135 g/mol. The van der Waals surface area contributed by atoms with Crippen LogP contribution >= 0.6 is 11.6 Å². The number of halogens is 1. The Hall–Kier alpha value is 0.210. The minimum Gasteiger partial charge on any atom is -0.375 e. The standard InChI is InChI=1S/C5H8ClO2/c1-5(8-4-6)2-7-3-5/h1-4H2. The molecule has 0 saturated carbocycles. The molecule has 1 fully saturated rings. The SMILES string of the molecule is [CH2]C1(OCCl)COC1. The maximum Gasteiger partial charge on any atom is 0.121 e. The molecule has 0 spiro atoms. The first-order valence-corrected chi connectivity index (χ1v) is 2.93. The van der Waals surface area contributed by atoms with E-state index in [4.69, 9.17) is 21.1 Å². The first-order valence-electron chi connectivity index (χ1n) is 2.40. The van der Waals surface area contributed by atoms with E-state index in [0.717, 1.165) is 0 Å². The molecule has 1 aliphatic heterocycles. The number of rotatable bonds is 2. The van der Waals surface area contributed by atoms with Crippen molar-refractivity contribution < 1.29 is 9.47 Å². The molecule has 47 valence electrons. The van der Waals surface area contributed by atoms with Crippen LogP contribution in [0.4, 0.5) is 0 Å². The van der Waals surface area contributed by atoms with Crippen LogP contribution in [0, 0.1) is 6.92 Å². The van der Waals surface area contributed by atoms with Gasteiger partial charge in [0.1, 0.15) is 11.7 Å². The second kappa shape index (κ2) is 2.21. The van der Waals surface area contributed by atoms with Crippen LogP contribution in [-0.2, 0) is 9.47 Å². The predicted molar refractivity (Wildman–Crippen MR) is 30.7 cm³/mol. The van der Waals surface area contributed by atoms with E-state index in [0.29, 0.717) is 13.2 Å². The summed E-state index contributed by atoms with van der Waals surface area (Å²) in [5, 5.41) is 0. The molecule has 1 saturated heterocycles. The molecule has 0 N–H and O–H groups in total. The van der Waals surface area contributed by atoms with Gasteiger partial charge in [0.25, 0.3) is 0 Å². The molecule has 0 aromatic rings. The fraction of sp³-hybridized carbons (Fsp3) is 0.800. The van der Waals surface area contributed by atoms with Crippen molar-refractivity contribution in [3.05, 3.63) is 6.92 Å². The van der Waals surface area contributed by atoms with Gasteiger partial charge in [0.2, 0.25) is 0 Å². The Kier molecular flexibility index (Phi) is 1.75. The summed E-state index contributed by atoms with van der Waals surface area (Å²) >= 11 is 5.28. The second-order valence-electron chi connectivity index (χ2n) is 1.93. The van der Waals surface area contributed by atoms with Gasteiger partial charge in [-0.25, -0.2) is 0 Å². The Balaban J connectivity index is 2.20. The van der Waals surface area contributed by atoms with E-state index >= 15 is 0 Å². The van der Waals surface area contributed by atoms with Crippen LogP contribution < -0.4 is 0 Å². The lowest BCUT2D eigenvalue weighted by Crippen LogP contribution is -2.49. The van der Waals surface area contributed by atoms with Crippen molar-refractivity contribution in [3.8, 4) is 0 Å². The molecule has 2 nitrogen and oxygen atoms in total. The van der Waals surface area contributed by atoms with Crippen molar-refractivity contribution in [1.82, 2.24) is 0 Å². The molecule has 8 heavy (non-hydrogen) atoms. The smallest absolute Gasteiger partial charge is 0.121 e. The number of hydrogen-bond acceptors (Lipinski definition) is 2. The highest BCUT2D eigenvalue weighted by Gasteiger charge is 2.33. The first-order chi connectivity index (χ1) is 3.77. The van der Waals surface area contributed by atoms with Gasteiger partial charge in [0.15, 0.2) is 0 Å². The van der Waals surface area contributed by atoms with Gasteiger partial charge in [-0.1, -0.05) is 11.6 Å². The minimum absolute atomic E-state index is 0.201. The van der Waals surface area contributed by atoms with Gasteiger partial charge in [-0.3, -0.25) is 0 Å². The van der Waals surface area contributed by atoms with Crippen LogP contribution in [-0.4, -0.2) is 24.9 Å². The van der Waals surface area contributed by atoms with E-state index in [2.05, 4.69) is 6.92 Å². The summed E-state index contributed by atoms with van der Waals surface area (Å²) in [7, 11) is 0. The third-order valence-corrected chi connectivity index (χ3v) is 1.20. The highest BCUT2D eigenvalue weighted by atomic mass is 35.5. The molecule has 0 aliphatic carbocycles. The molecule has 3 heteroatoms. The predicted octanol–water partition coefficient (Wildman–Crippen LogP) is 0.802. The molecular weight excluding hydrogens is 128 g/mol. The summed E-state index contributed by atoms with van der Waals surface area (Å²) in [6.45, 7) is 4.87. The molecule has 1 rings (SSSR count). The Bertz CT molecular complexity index is 80.5. The quantitative estimate of drug-likeness (QED) is 0.522. The Labute approximate surface area is 53.7 Å². The van der Waals surface area contributed by atoms with Gasteiger partial charge < -0.3 is 9.47 Å². The van der Waals surface area contributed by atoms with E-state index in [1.165, 1.54) is 0 Å². The molecule has 1 heterocycles. The maximum atomic E-state index is 5.28. The molecule has 1 aliphatic rings. The van der Waals surface area contributed by atoms with Gasteiger partial charge in [0, 0.05) is 0 Å². The van der Waals surface area contributed by atoms with Crippen molar-refractivity contribution in [2.75, 3.05) is 19.3 Å². The summed E-state index contributed by atoms with van der Waals surface area (Å²) in [6, 6.07) is 0.201. The summed E-state index contributed by atoms with van der Waals surface area (Å²) in [5.74, 6) is 0. The van der Waals surface area contributed by atoms with Crippen molar-refractivity contribution in [1.29, 1.82) is 0 Å². The number of ether oxygens (including phenoxy) is 2. The molecule has 1 radical (unpaired) electrons. The van der Waals surface area contributed by atoms with E-state index in [9.17, 15) is 0 Å². The van der Waals surface area contributed by atoms with Crippen LogP contribution in [0.2, 0.25) is 0 Å². The molecule has 0 bridgehead atoms. The highest BCUT2D eigenvalue weighted by molar-refractivity contribution is 6.17. The molecule has 0 aromatic carbocycles. The normalized spacial score (nSPS) is 24.8. The van der Waals surface area contributed by atoms with Crippen molar-refractivity contribution in [3.63, 3.8) is 0 Å². The third-order valence-electron chi connectivity index (χ3n) is 1.09. The van der Waals surface area contributed by atoms with Crippen molar-refractivity contribution in [2.24, 2.45) is 0 Å². The molecule has 0 aromatic heterocycles. The fourth-order valence-electron chi connectivity index (χ4n) is 0.529. The zero-order chi connectivity index (χ0) is 6.04. The third kappa shape index (κ3) is 1.13. The van der Waals surface area contributed by atoms with Gasteiger partial charge in [-0.2, -0.15) is 0 Å². The lowest BCUT2D eigenvalue weighted by atomic mass is 10.1. The zero-order valence-corrected chi connectivity index (χ0v) is 5.28. The second-order valence-corrected chi connectivity index (χ2v) is 2.15. The summed E-state index contributed by atoms with van der Waals surface area (Å²) in [5.41, 5.74) is -0.332. The first kappa shape index (κ1) is 6.33. The maximum absolute atomic E-state index is 5.28. The summed E-state index contributed by atoms with van der Waals surface area (Å²) in [4.78, 5) is 0. The largest absolute Gasteiger partial charge is 0.375 e. The molecular formula is C5H8ClO2. The van der Waals surface area contributed by atoms with Crippen LogP contribution in [0.1, 0.15) is 0 Å². The molecule has 0 atom stereocenters. The average Bonchev–Trinajstić information content (AvgIpc) is 1.64. The van der Waals surface area contributed by atoms with Crippen molar-refractivity contribution >= 4 is 11.6 Å². The zero-order valence-electron chi connectivity index (χ0n) is 4.52.